The number of amides is 1. The maximum Gasteiger partial charge on any atom is 0.295 e. The standard InChI is InChI=1S/C13H18FN3O3/c1-3-4-5-6-15-11-8-12(16-9(2)18)13(17(19)20)7-10(11)14/h7-8,15H,3-6H2,1-2H3,(H,16,18). The van der Waals surface area contributed by atoms with Crippen molar-refractivity contribution in [3.05, 3.63) is 28.1 Å². The number of anilines is 2. The van der Waals surface area contributed by atoms with E-state index in [1.165, 1.54) is 13.0 Å². The minimum absolute atomic E-state index is 0.0121. The second-order valence-corrected chi connectivity index (χ2v) is 4.42. The Morgan fingerprint density at radius 2 is 2.05 bits per heavy atom. The molecule has 0 aliphatic rings. The van der Waals surface area contributed by atoms with Crippen molar-refractivity contribution in [1.82, 2.24) is 0 Å². The number of hydrogen-bond donors (Lipinski definition) is 2. The molecule has 1 aromatic carbocycles. The van der Waals surface area contributed by atoms with Gasteiger partial charge >= 0.3 is 0 Å². The molecule has 0 spiro atoms. The average molecular weight is 283 g/mol. The van der Waals surface area contributed by atoms with Crippen LogP contribution >= 0.6 is 0 Å². The van der Waals surface area contributed by atoms with Gasteiger partial charge in [0.2, 0.25) is 5.91 Å². The number of nitrogens with one attached hydrogen (secondary N) is 2. The Labute approximate surface area is 116 Å². The normalized spacial score (nSPS) is 10.2. The van der Waals surface area contributed by atoms with Crippen LogP contribution in [0.25, 0.3) is 0 Å². The Morgan fingerprint density at radius 1 is 1.35 bits per heavy atom. The van der Waals surface area contributed by atoms with E-state index in [0.717, 1.165) is 25.3 Å². The second kappa shape index (κ2) is 7.42. The monoisotopic (exact) mass is 283 g/mol. The summed E-state index contributed by atoms with van der Waals surface area (Å²) in [4.78, 5) is 21.1. The molecule has 0 saturated heterocycles. The van der Waals surface area contributed by atoms with Gasteiger partial charge in [0.05, 0.1) is 16.7 Å². The molecule has 1 aromatic rings. The van der Waals surface area contributed by atoms with Gasteiger partial charge in [0.25, 0.3) is 5.69 Å². The molecular weight excluding hydrogens is 265 g/mol. The van der Waals surface area contributed by atoms with Gasteiger partial charge in [-0.1, -0.05) is 19.8 Å². The maximum atomic E-state index is 13.8. The van der Waals surface area contributed by atoms with Gasteiger partial charge in [-0.05, 0) is 12.5 Å². The number of halogens is 1. The quantitative estimate of drug-likeness (QED) is 0.457. The number of nitro groups is 1. The van der Waals surface area contributed by atoms with E-state index in [2.05, 4.69) is 17.6 Å². The predicted molar refractivity (Wildman–Crippen MR) is 75.4 cm³/mol. The molecule has 0 aliphatic heterocycles. The topological polar surface area (TPSA) is 84.3 Å². The van der Waals surface area contributed by atoms with Crippen molar-refractivity contribution in [1.29, 1.82) is 0 Å². The Bertz CT molecular complexity index is 506. The first-order chi connectivity index (χ1) is 9.45. The highest BCUT2D eigenvalue weighted by Gasteiger charge is 2.19. The Balaban J connectivity index is 2.95. The third-order valence-corrected chi connectivity index (χ3v) is 2.69. The number of carbonyl (C=O) groups excluding carboxylic acids is 1. The van der Waals surface area contributed by atoms with Crippen LogP contribution in [0.4, 0.5) is 21.5 Å². The van der Waals surface area contributed by atoms with Gasteiger partial charge in [-0.25, -0.2) is 4.39 Å². The number of rotatable bonds is 7. The summed E-state index contributed by atoms with van der Waals surface area (Å²) >= 11 is 0. The van der Waals surface area contributed by atoms with Crippen LogP contribution in [-0.2, 0) is 4.79 Å². The molecule has 1 amide bonds. The molecule has 0 aromatic heterocycles. The molecule has 2 N–H and O–H groups in total. The fraction of sp³-hybridized carbons (Fsp3) is 0.462. The summed E-state index contributed by atoms with van der Waals surface area (Å²) in [5, 5.41) is 16.0. The fourth-order valence-corrected chi connectivity index (χ4v) is 1.74. The van der Waals surface area contributed by atoms with Gasteiger partial charge < -0.3 is 10.6 Å². The summed E-state index contributed by atoms with van der Waals surface area (Å²) in [5.41, 5.74) is -0.325. The lowest BCUT2D eigenvalue weighted by molar-refractivity contribution is -0.384. The molecule has 0 saturated carbocycles. The van der Waals surface area contributed by atoms with Gasteiger partial charge in [-0.15, -0.1) is 0 Å². The van der Waals surface area contributed by atoms with Crippen LogP contribution in [0, 0.1) is 15.9 Å². The summed E-state index contributed by atoms with van der Waals surface area (Å²) in [5.74, 6) is -1.15. The SMILES string of the molecule is CCCCCNc1cc(NC(C)=O)c([N+](=O)[O-])cc1F. The van der Waals surface area contributed by atoms with Gasteiger partial charge in [-0.2, -0.15) is 0 Å². The van der Waals surface area contributed by atoms with Crippen LogP contribution in [0.3, 0.4) is 0 Å². The molecule has 0 atom stereocenters. The lowest BCUT2D eigenvalue weighted by Crippen LogP contribution is -2.10. The lowest BCUT2D eigenvalue weighted by Gasteiger charge is -2.10. The van der Waals surface area contributed by atoms with E-state index in [1.54, 1.807) is 0 Å². The zero-order valence-corrected chi connectivity index (χ0v) is 11.5. The van der Waals surface area contributed by atoms with Crippen molar-refractivity contribution in [2.45, 2.75) is 33.1 Å². The fourth-order valence-electron chi connectivity index (χ4n) is 1.74. The van der Waals surface area contributed by atoms with Crippen LogP contribution in [0.5, 0.6) is 0 Å². The zero-order valence-electron chi connectivity index (χ0n) is 11.5. The van der Waals surface area contributed by atoms with E-state index in [1.807, 2.05) is 0 Å². The van der Waals surface area contributed by atoms with Crippen molar-refractivity contribution in [2.24, 2.45) is 0 Å². The number of hydrogen-bond acceptors (Lipinski definition) is 4. The number of nitro benzene ring substituents is 1. The summed E-state index contributed by atoms with van der Waals surface area (Å²) in [6.45, 7) is 3.87. The first-order valence-corrected chi connectivity index (χ1v) is 6.45. The highest BCUT2D eigenvalue weighted by atomic mass is 19.1. The minimum atomic E-state index is -0.727. The van der Waals surface area contributed by atoms with Crippen molar-refractivity contribution in [2.75, 3.05) is 17.2 Å². The molecule has 0 fully saturated rings. The van der Waals surface area contributed by atoms with E-state index < -0.39 is 22.3 Å². The molecule has 20 heavy (non-hydrogen) atoms. The van der Waals surface area contributed by atoms with E-state index in [9.17, 15) is 19.3 Å². The highest BCUT2D eigenvalue weighted by molar-refractivity contribution is 5.92. The van der Waals surface area contributed by atoms with E-state index in [4.69, 9.17) is 0 Å². The summed E-state index contributed by atoms with van der Waals surface area (Å²) < 4.78 is 13.8. The summed E-state index contributed by atoms with van der Waals surface area (Å²) in [6.07, 6.45) is 2.93. The molecule has 7 heteroatoms. The predicted octanol–water partition coefficient (Wildman–Crippen LogP) is 3.29. The van der Waals surface area contributed by atoms with Crippen molar-refractivity contribution in [3.8, 4) is 0 Å². The van der Waals surface area contributed by atoms with Crippen LogP contribution in [0.1, 0.15) is 33.1 Å². The second-order valence-electron chi connectivity index (χ2n) is 4.42. The van der Waals surface area contributed by atoms with Gasteiger partial charge in [-0.3, -0.25) is 14.9 Å². The van der Waals surface area contributed by atoms with E-state index in [0.29, 0.717) is 6.54 Å². The smallest absolute Gasteiger partial charge is 0.295 e. The van der Waals surface area contributed by atoms with Gasteiger partial charge in [0.15, 0.2) is 5.82 Å². The Kier molecular flexibility index (Phi) is 5.89. The average Bonchev–Trinajstić information content (AvgIpc) is 2.36. The molecule has 0 unspecified atom stereocenters. The van der Waals surface area contributed by atoms with Crippen LogP contribution < -0.4 is 10.6 Å². The van der Waals surface area contributed by atoms with Crippen LogP contribution in [-0.4, -0.2) is 17.4 Å². The molecule has 0 radical (unpaired) electrons. The van der Waals surface area contributed by atoms with Crippen LogP contribution in [0.2, 0.25) is 0 Å². The first-order valence-electron chi connectivity index (χ1n) is 6.45. The molecule has 0 heterocycles. The van der Waals surface area contributed by atoms with E-state index >= 15 is 0 Å². The number of benzene rings is 1. The largest absolute Gasteiger partial charge is 0.383 e. The van der Waals surface area contributed by atoms with Crippen molar-refractivity contribution >= 4 is 23.0 Å². The third kappa shape index (κ3) is 4.49. The molecule has 0 bridgehead atoms. The zero-order chi connectivity index (χ0) is 15.1. The third-order valence-electron chi connectivity index (χ3n) is 2.69. The van der Waals surface area contributed by atoms with Crippen LogP contribution in [0.15, 0.2) is 12.1 Å². The summed E-state index contributed by atoms with van der Waals surface area (Å²) in [7, 11) is 0. The van der Waals surface area contributed by atoms with Crippen molar-refractivity contribution in [3.63, 3.8) is 0 Å². The van der Waals surface area contributed by atoms with Gasteiger partial charge in [0, 0.05) is 13.5 Å². The van der Waals surface area contributed by atoms with E-state index in [-0.39, 0.29) is 11.4 Å². The van der Waals surface area contributed by atoms with Crippen molar-refractivity contribution < 1.29 is 14.1 Å². The van der Waals surface area contributed by atoms with Gasteiger partial charge in [0.1, 0.15) is 5.69 Å². The molecular formula is C13H18FN3O3. The molecule has 0 aliphatic carbocycles. The Morgan fingerprint density at radius 3 is 2.60 bits per heavy atom. The lowest BCUT2D eigenvalue weighted by atomic mass is 10.2. The molecule has 110 valence electrons. The number of carbonyl (C=O) groups is 1. The molecule has 1 rings (SSSR count). The Hall–Kier alpha value is -2.18. The first kappa shape index (κ1) is 15.9. The maximum absolute atomic E-state index is 13.8. The summed E-state index contributed by atoms with van der Waals surface area (Å²) in [6, 6.07) is 2.06. The minimum Gasteiger partial charge on any atom is -0.383 e. The highest BCUT2D eigenvalue weighted by Crippen LogP contribution is 2.30. The number of nitrogens with zero attached hydrogens (tertiary/aromatic N) is 1. The number of unbranched alkanes of at least 4 members (excludes halogenated alkanes) is 2. The molecule has 6 nitrogen and oxygen atoms in total.